The minimum absolute atomic E-state index is 0.448. The molecule has 120 valence electrons. The van der Waals surface area contributed by atoms with Gasteiger partial charge in [0.15, 0.2) is 0 Å². The van der Waals surface area contributed by atoms with E-state index in [-0.39, 0.29) is 0 Å². The normalized spacial score (nSPS) is 26.4. The Bertz CT molecular complexity index is 197. The third-order valence-corrected chi connectivity index (χ3v) is 5.10. The van der Waals surface area contributed by atoms with Gasteiger partial charge in [0.05, 0.1) is 0 Å². The van der Waals surface area contributed by atoms with Gasteiger partial charge in [0.2, 0.25) is 0 Å². The van der Waals surface area contributed by atoms with E-state index in [4.69, 9.17) is 11.5 Å². The van der Waals surface area contributed by atoms with Crippen molar-refractivity contribution in [2.24, 2.45) is 23.3 Å². The highest BCUT2D eigenvalue weighted by atomic mass is 14.6. The van der Waals surface area contributed by atoms with Crippen LogP contribution in [0.1, 0.15) is 90.9 Å². The van der Waals surface area contributed by atoms with Crippen molar-refractivity contribution in [3.05, 3.63) is 0 Å². The Hall–Kier alpha value is -0.0800. The van der Waals surface area contributed by atoms with Crippen LogP contribution in [0, 0.1) is 11.8 Å². The summed E-state index contributed by atoms with van der Waals surface area (Å²) in [7, 11) is 0. The molecule has 0 aliphatic heterocycles. The Labute approximate surface area is 127 Å². The molecule has 20 heavy (non-hydrogen) atoms. The van der Waals surface area contributed by atoms with E-state index in [1.807, 2.05) is 0 Å². The highest BCUT2D eigenvalue weighted by molar-refractivity contribution is 4.78. The molecule has 1 saturated carbocycles. The fourth-order valence-corrected chi connectivity index (χ4v) is 3.73. The van der Waals surface area contributed by atoms with Crippen LogP contribution in [0.2, 0.25) is 0 Å². The molecule has 2 heteroatoms. The lowest BCUT2D eigenvalue weighted by atomic mass is 9.76. The summed E-state index contributed by atoms with van der Waals surface area (Å²) in [6.45, 7) is 4.50. The van der Waals surface area contributed by atoms with Crippen molar-refractivity contribution >= 4 is 0 Å². The monoisotopic (exact) mass is 282 g/mol. The second kappa shape index (κ2) is 10.6. The lowest BCUT2D eigenvalue weighted by Crippen LogP contribution is -2.28. The zero-order valence-corrected chi connectivity index (χ0v) is 13.9. The van der Waals surface area contributed by atoms with Crippen LogP contribution in [-0.4, -0.2) is 12.1 Å². The summed E-state index contributed by atoms with van der Waals surface area (Å²) in [6, 6.07) is 0.895. The largest absolute Gasteiger partial charge is 0.328 e. The number of nitrogens with two attached hydrogens (primary N) is 2. The van der Waals surface area contributed by atoms with Crippen LogP contribution < -0.4 is 11.5 Å². The molecule has 0 amide bonds. The molecular weight excluding hydrogens is 244 g/mol. The van der Waals surface area contributed by atoms with Gasteiger partial charge in [-0.15, -0.1) is 0 Å². The molecular formula is C18H38N2. The summed E-state index contributed by atoms with van der Waals surface area (Å²) in [5, 5.41) is 0. The topological polar surface area (TPSA) is 52.0 Å². The Morgan fingerprint density at radius 2 is 1.10 bits per heavy atom. The maximum atomic E-state index is 6.24. The van der Waals surface area contributed by atoms with E-state index >= 15 is 0 Å². The number of hydrogen-bond donors (Lipinski definition) is 2. The van der Waals surface area contributed by atoms with Crippen LogP contribution in [-0.2, 0) is 0 Å². The van der Waals surface area contributed by atoms with Gasteiger partial charge >= 0.3 is 0 Å². The fraction of sp³-hybridized carbons (Fsp3) is 1.00. The van der Waals surface area contributed by atoms with Gasteiger partial charge in [-0.1, -0.05) is 65.2 Å². The van der Waals surface area contributed by atoms with Crippen LogP contribution in [0.5, 0.6) is 0 Å². The molecule has 2 atom stereocenters. The Morgan fingerprint density at radius 1 is 0.750 bits per heavy atom. The number of hydrogen-bond acceptors (Lipinski definition) is 2. The van der Waals surface area contributed by atoms with Gasteiger partial charge in [-0.25, -0.2) is 0 Å². The Kier molecular flexibility index (Phi) is 9.54. The minimum Gasteiger partial charge on any atom is -0.328 e. The smallest absolute Gasteiger partial charge is 0.00414 e. The highest BCUT2D eigenvalue weighted by Gasteiger charge is 2.23. The lowest BCUT2D eigenvalue weighted by Gasteiger charge is -2.31. The van der Waals surface area contributed by atoms with E-state index in [9.17, 15) is 0 Å². The molecule has 1 fully saturated rings. The van der Waals surface area contributed by atoms with E-state index in [1.54, 1.807) is 0 Å². The molecule has 2 nitrogen and oxygen atoms in total. The van der Waals surface area contributed by atoms with E-state index in [0.717, 1.165) is 11.8 Å². The van der Waals surface area contributed by atoms with Crippen LogP contribution in [0.25, 0.3) is 0 Å². The molecule has 0 radical (unpaired) electrons. The molecule has 0 aromatic heterocycles. The van der Waals surface area contributed by atoms with Crippen molar-refractivity contribution in [1.29, 1.82) is 0 Å². The molecule has 1 rings (SSSR count). The van der Waals surface area contributed by atoms with Gasteiger partial charge in [-0.3, -0.25) is 0 Å². The second-order valence-corrected chi connectivity index (χ2v) is 7.16. The predicted octanol–water partition coefficient (Wildman–Crippen LogP) is 4.61. The zero-order chi connectivity index (χ0) is 14.8. The predicted molar refractivity (Wildman–Crippen MR) is 89.7 cm³/mol. The van der Waals surface area contributed by atoms with Crippen molar-refractivity contribution in [3.63, 3.8) is 0 Å². The van der Waals surface area contributed by atoms with Gasteiger partial charge < -0.3 is 11.5 Å². The molecule has 1 aliphatic rings. The van der Waals surface area contributed by atoms with Crippen molar-refractivity contribution in [2.45, 2.75) is 103 Å². The molecule has 1 aliphatic carbocycles. The lowest BCUT2D eigenvalue weighted by molar-refractivity contribution is 0.229. The summed E-state index contributed by atoms with van der Waals surface area (Å²) in [4.78, 5) is 0. The van der Waals surface area contributed by atoms with Crippen LogP contribution >= 0.6 is 0 Å². The summed E-state index contributed by atoms with van der Waals surface area (Å²) < 4.78 is 0. The molecule has 0 heterocycles. The van der Waals surface area contributed by atoms with E-state index in [2.05, 4.69) is 13.8 Å². The quantitative estimate of drug-likeness (QED) is 0.615. The molecule has 0 saturated heterocycles. The summed E-state index contributed by atoms with van der Waals surface area (Å²) in [5.41, 5.74) is 12.5. The van der Waals surface area contributed by atoms with E-state index < -0.39 is 0 Å². The first-order chi connectivity index (χ1) is 9.65. The van der Waals surface area contributed by atoms with Crippen LogP contribution in [0.15, 0.2) is 0 Å². The highest BCUT2D eigenvalue weighted by Crippen LogP contribution is 2.34. The van der Waals surface area contributed by atoms with Crippen LogP contribution in [0.3, 0.4) is 0 Å². The SMILES string of the molecule is CCCCC(N)CC1CCC(CC(N)CCCC)CC1. The van der Waals surface area contributed by atoms with E-state index in [0.29, 0.717) is 12.1 Å². The minimum atomic E-state index is 0.448. The number of unbranched alkanes of at least 4 members (excludes halogenated alkanes) is 2. The van der Waals surface area contributed by atoms with Crippen molar-refractivity contribution in [2.75, 3.05) is 0 Å². The van der Waals surface area contributed by atoms with E-state index in [1.165, 1.54) is 77.0 Å². The van der Waals surface area contributed by atoms with Gasteiger partial charge in [0.1, 0.15) is 0 Å². The molecule has 0 aromatic carbocycles. The molecule has 0 spiro atoms. The molecule has 0 aromatic rings. The van der Waals surface area contributed by atoms with Gasteiger partial charge in [0.25, 0.3) is 0 Å². The zero-order valence-electron chi connectivity index (χ0n) is 13.9. The Morgan fingerprint density at radius 3 is 1.40 bits per heavy atom. The maximum absolute atomic E-state index is 6.24. The van der Waals surface area contributed by atoms with Crippen molar-refractivity contribution in [1.82, 2.24) is 0 Å². The Balaban J connectivity index is 2.13. The summed E-state index contributed by atoms with van der Waals surface area (Å²) in [6.07, 6.45) is 15.7. The molecule has 2 unspecified atom stereocenters. The first-order valence-electron chi connectivity index (χ1n) is 9.16. The van der Waals surface area contributed by atoms with Crippen molar-refractivity contribution < 1.29 is 0 Å². The standard InChI is InChI=1S/C18H38N2/c1-3-5-7-17(19)13-15-9-11-16(12-10-15)14-18(20)8-6-4-2/h15-18H,3-14,19-20H2,1-2H3. The van der Waals surface area contributed by atoms with Gasteiger partial charge in [0, 0.05) is 12.1 Å². The molecule has 4 N–H and O–H groups in total. The average molecular weight is 283 g/mol. The summed E-state index contributed by atoms with van der Waals surface area (Å²) >= 11 is 0. The fourth-order valence-electron chi connectivity index (χ4n) is 3.73. The van der Waals surface area contributed by atoms with Crippen LogP contribution in [0.4, 0.5) is 0 Å². The molecule has 0 bridgehead atoms. The maximum Gasteiger partial charge on any atom is 0.00414 e. The van der Waals surface area contributed by atoms with Crippen molar-refractivity contribution in [3.8, 4) is 0 Å². The third kappa shape index (κ3) is 7.64. The third-order valence-electron chi connectivity index (χ3n) is 5.10. The summed E-state index contributed by atoms with van der Waals surface area (Å²) in [5.74, 6) is 1.79. The van der Waals surface area contributed by atoms with Gasteiger partial charge in [-0.05, 0) is 37.5 Å². The first kappa shape index (κ1) is 18.0. The average Bonchev–Trinajstić information content (AvgIpc) is 2.45. The van der Waals surface area contributed by atoms with Gasteiger partial charge in [-0.2, -0.15) is 0 Å². The first-order valence-corrected chi connectivity index (χ1v) is 9.16. The number of rotatable bonds is 10. The second-order valence-electron chi connectivity index (χ2n) is 7.16.